The van der Waals surface area contributed by atoms with Crippen LogP contribution < -0.4 is 10.5 Å². The summed E-state index contributed by atoms with van der Waals surface area (Å²) in [7, 11) is 1.77. The largest absolute Gasteiger partial charge is 0.343 e. The minimum absolute atomic E-state index is 0.0794. The molecule has 0 aromatic carbocycles. The quantitative estimate of drug-likeness (QED) is 0.825. The molecule has 144 valence electrons. The van der Waals surface area contributed by atoms with Gasteiger partial charge in [-0.3, -0.25) is 19.1 Å². The molecule has 27 heavy (non-hydrogen) atoms. The van der Waals surface area contributed by atoms with E-state index in [2.05, 4.69) is 16.8 Å². The normalized spacial score (nSPS) is 17.4. The molecule has 1 fully saturated rings. The summed E-state index contributed by atoms with van der Waals surface area (Å²) in [5, 5.41) is 0. The zero-order valence-electron chi connectivity index (χ0n) is 16.3. The third kappa shape index (κ3) is 4.18. The topological polar surface area (TPSA) is 71.3 Å². The van der Waals surface area contributed by atoms with Gasteiger partial charge in [-0.05, 0) is 38.3 Å². The lowest BCUT2D eigenvalue weighted by Gasteiger charge is -2.32. The van der Waals surface area contributed by atoms with Crippen molar-refractivity contribution in [3.05, 3.63) is 40.9 Å². The second-order valence-electron chi connectivity index (χ2n) is 6.95. The van der Waals surface area contributed by atoms with Crippen LogP contribution in [0.5, 0.6) is 0 Å². The van der Waals surface area contributed by atoms with Crippen LogP contribution in [-0.4, -0.2) is 51.0 Å². The number of pyridine rings is 1. The molecule has 1 unspecified atom stereocenters. The maximum atomic E-state index is 12.6. The van der Waals surface area contributed by atoms with Crippen molar-refractivity contribution in [3.8, 4) is 11.3 Å². The van der Waals surface area contributed by atoms with Crippen LogP contribution in [-0.2, 0) is 11.8 Å². The molecular formula is C20H27N5O2. The first kappa shape index (κ1) is 19.1. The number of hydrogen-bond acceptors (Lipinski definition) is 5. The SMILES string of the molecule is CCN(c1nc(-c2ccncc2)cc(=O)n1C)C1CCCN(C(C)=O)CC1. The highest BCUT2D eigenvalue weighted by molar-refractivity contribution is 5.73. The predicted molar refractivity (Wildman–Crippen MR) is 106 cm³/mol. The molecular weight excluding hydrogens is 342 g/mol. The Labute approximate surface area is 159 Å². The van der Waals surface area contributed by atoms with Crippen molar-refractivity contribution in [1.82, 2.24) is 19.4 Å². The van der Waals surface area contributed by atoms with Gasteiger partial charge >= 0.3 is 0 Å². The molecule has 0 aliphatic carbocycles. The van der Waals surface area contributed by atoms with Gasteiger partial charge in [-0.25, -0.2) is 4.98 Å². The van der Waals surface area contributed by atoms with E-state index in [-0.39, 0.29) is 17.5 Å². The first-order valence-electron chi connectivity index (χ1n) is 9.52. The molecule has 0 bridgehead atoms. The molecule has 1 atom stereocenters. The van der Waals surface area contributed by atoms with E-state index in [1.165, 1.54) is 0 Å². The van der Waals surface area contributed by atoms with Gasteiger partial charge in [0.25, 0.3) is 5.56 Å². The van der Waals surface area contributed by atoms with Crippen molar-refractivity contribution >= 4 is 11.9 Å². The molecule has 0 saturated carbocycles. The summed E-state index contributed by atoms with van der Waals surface area (Å²) in [4.78, 5) is 37.3. The van der Waals surface area contributed by atoms with Crippen LogP contribution in [0, 0.1) is 0 Å². The minimum atomic E-state index is -0.0794. The number of amides is 1. The first-order valence-corrected chi connectivity index (χ1v) is 9.52. The maximum Gasteiger partial charge on any atom is 0.255 e. The summed E-state index contributed by atoms with van der Waals surface area (Å²) < 4.78 is 1.61. The predicted octanol–water partition coefficient (Wildman–Crippen LogP) is 2.07. The third-order valence-corrected chi connectivity index (χ3v) is 5.27. The van der Waals surface area contributed by atoms with E-state index in [1.54, 1.807) is 37.0 Å². The van der Waals surface area contributed by atoms with Crippen molar-refractivity contribution < 1.29 is 4.79 Å². The van der Waals surface area contributed by atoms with Gasteiger partial charge in [0, 0.05) is 63.7 Å². The lowest BCUT2D eigenvalue weighted by Crippen LogP contribution is -2.40. The Balaban J connectivity index is 1.94. The summed E-state index contributed by atoms with van der Waals surface area (Å²) in [6, 6.07) is 5.54. The Kier molecular flexibility index (Phi) is 5.88. The Hall–Kier alpha value is -2.70. The van der Waals surface area contributed by atoms with Gasteiger partial charge in [-0.15, -0.1) is 0 Å². The summed E-state index contributed by atoms with van der Waals surface area (Å²) in [5.41, 5.74) is 1.46. The molecule has 7 nitrogen and oxygen atoms in total. The van der Waals surface area contributed by atoms with Crippen LogP contribution in [0.15, 0.2) is 35.4 Å². The molecule has 1 aliphatic rings. The average molecular weight is 369 g/mol. The molecule has 3 heterocycles. The monoisotopic (exact) mass is 369 g/mol. The van der Waals surface area contributed by atoms with E-state index in [0.717, 1.165) is 44.5 Å². The molecule has 1 saturated heterocycles. The first-order chi connectivity index (χ1) is 13.0. The fraction of sp³-hybridized carbons (Fsp3) is 0.500. The number of anilines is 1. The molecule has 2 aromatic rings. The van der Waals surface area contributed by atoms with Gasteiger partial charge in [-0.1, -0.05) is 0 Å². The maximum absolute atomic E-state index is 12.6. The van der Waals surface area contributed by atoms with Gasteiger partial charge in [-0.2, -0.15) is 0 Å². The van der Waals surface area contributed by atoms with Gasteiger partial charge in [0.2, 0.25) is 11.9 Å². The Morgan fingerprint density at radius 1 is 1.26 bits per heavy atom. The van der Waals surface area contributed by atoms with Crippen molar-refractivity contribution in [2.45, 2.75) is 39.2 Å². The Bertz CT molecular complexity index is 849. The standard InChI is InChI=1S/C20H27N5O2/c1-4-25(17-6-5-12-24(13-9-17)15(2)26)20-22-18(14-19(27)23(20)3)16-7-10-21-11-8-16/h7-8,10-11,14,17H,4-6,9,12-13H2,1-3H3. The van der Waals surface area contributed by atoms with Gasteiger partial charge in [0.05, 0.1) is 5.69 Å². The smallest absolute Gasteiger partial charge is 0.255 e. The highest BCUT2D eigenvalue weighted by Gasteiger charge is 2.25. The van der Waals surface area contributed by atoms with Crippen LogP contribution in [0.25, 0.3) is 11.3 Å². The summed E-state index contributed by atoms with van der Waals surface area (Å²) >= 11 is 0. The second-order valence-corrected chi connectivity index (χ2v) is 6.95. The highest BCUT2D eigenvalue weighted by Crippen LogP contribution is 2.24. The van der Waals surface area contributed by atoms with Crippen LogP contribution in [0.1, 0.15) is 33.1 Å². The third-order valence-electron chi connectivity index (χ3n) is 5.27. The highest BCUT2D eigenvalue weighted by atomic mass is 16.2. The minimum Gasteiger partial charge on any atom is -0.343 e. The number of carbonyl (C=O) groups excluding carboxylic acids is 1. The van der Waals surface area contributed by atoms with Gasteiger partial charge in [0.15, 0.2) is 0 Å². The molecule has 3 rings (SSSR count). The van der Waals surface area contributed by atoms with Crippen LogP contribution >= 0.6 is 0 Å². The Morgan fingerprint density at radius 3 is 2.67 bits per heavy atom. The molecule has 0 radical (unpaired) electrons. The van der Waals surface area contributed by atoms with Crippen LogP contribution in [0.3, 0.4) is 0 Å². The van der Waals surface area contributed by atoms with Crippen molar-refractivity contribution in [2.24, 2.45) is 7.05 Å². The van der Waals surface area contributed by atoms with Crippen molar-refractivity contribution in [1.29, 1.82) is 0 Å². The van der Waals surface area contributed by atoms with Gasteiger partial charge < -0.3 is 9.80 Å². The molecule has 1 aliphatic heterocycles. The van der Waals surface area contributed by atoms with E-state index in [1.807, 2.05) is 17.0 Å². The molecule has 0 spiro atoms. The fourth-order valence-electron chi connectivity index (χ4n) is 3.72. The number of nitrogens with zero attached hydrogens (tertiary/aromatic N) is 5. The van der Waals surface area contributed by atoms with Crippen LogP contribution in [0.2, 0.25) is 0 Å². The zero-order valence-corrected chi connectivity index (χ0v) is 16.3. The number of hydrogen-bond donors (Lipinski definition) is 0. The van der Waals surface area contributed by atoms with E-state index in [0.29, 0.717) is 11.6 Å². The number of likely N-dealkylation sites (tertiary alicyclic amines) is 1. The lowest BCUT2D eigenvalue weighted by atomic mass is 10.1. The molecule has 7 heteroatoms. The van der Waals surface area contributed by atoms with E-state index >= 15 is 0 Å². The summed E-state index contributed by atoms with van der Waals surface area (Å²) in [6.07, 6.45) is 6.22. The van der Waals surface area contributed by atoms with Crippen molar-refractivity contribution in [2.75, 3.05) is 24.5 Å². The summed E-state index contributed by atoms with van der Waals surface area (Å²) in [6.45, 7) is 6.01. The average Bonchev–Trinajstić information content (AvgIpc) is 2.92. The van der Waals surface area contributed by atoms with E-state index in [9.17, 15) is 9.59 Å². The second kappa shape index (κ2) is 8.33. The number of aromatic nitrogens is 3. The zero-order chi connectivity index (χ0) is 19.4. The summed E-state index contributed by atoms with van der Waals surface area (Å²) in [5.74, 6) is 0.807. The van der Waals surface area contributed by atoms with Crippen molar-refractivity contribution in [3.63, 3.8) is 0 Å². The van der Waals surface area contributed by atoms with Gasteiger partial charge in [0.1, 0.15) is 0 Å². The number of carbonyl (C=O) groups is 1. The van der Waals surface area contributed by atoms with Crippen LogP contribution in [0.4, 0.5) is 5.95 Å². The Morgan fingerprint density at radius 2 is 2.00 bits per heavy atom. The van der Waals surface area contributed by atoms with E-state index in [4.69, 9.17) is 4.98 Å². The fourth-order valence-corrected chi connectivity index (χ4v) is 3.72. The number of rotatable bonds is 4. The lowest BCUT2D eigenvalue weighted by molar-refractivity contribution is -0.128. The molecule has 0 N–H and O–H groups in total. The van der Waals surface area contributed by atoms with E-state index < -0.39 is 0 Å². The molecule has 2 aromatic heterocycles. The molecule has 1 amide bonds.